The highest BCUT2D eigenvalue weighted by molar-refractivity contribution is 14.1. The zero-order valence-corrected chi connectivity index (χ0v) is 9.55. The predicted octanol–water partition coefficient (Wildman–Crippen LogP) is 3.87. The van der Waals surface area contributed by atoms with Gasteiger partial charge < -0.3 is 0 Å². The van der Waals surface area contributed by atoms with Crippen LogP contribution in [0.25, 0.3) is 6.08 Å². The molecule has 0 aliphatic heterocycles. The summed E-state index contributed by atoms with van der Waals surface area (Å²) in [5.41, 5.74) is 2.57. The first-order chi connectivity index (χ1) is 5.86. The molecule has 12 heavy (non-hydrogen) atoms. The zero-order valence-electron chi connectivity index (χ0n) is 6.63. The maximum Gasteiger partial charge on any atom is 0.0407 e. The summed E-state index contributed by atoms with van der Waals surface area (Å²) in [7, 11) is 0. The van der Waals surface area contributed by atoms with E-state index in [1.807, 2.05) is 12.2 Å². The van der Waals surface area contributed by atoms with E-state index in [0.29, 0.717) is 5.88 Å². The van der Waals surface area contributed by atoms with Crippen molar-refractivity contribution in [3.63, 3.8) is 0 Å². The molecule has 0 N–H and O–H groups in total. The Morgan fingerprint density at radius 1 is 1.25 bits per heavy atom. The minimum absolute atomic E-state index is 0.577. The van der Waals surface area contributed by atoms with E-state index in [2.05, 4.69) is 46.9 Å². The first kappa shape index (κ1) is 10.1. The Hall–Kier alpha value is -0.0200. The van der Waals surface area contributed by atoms with E-state index >= 15 is 0 Å². The van der Waals surface area contributed by atoms with Crippen molar-refractivity contribution < 1.29 is 0 Å². The third-order valence-corrected chi connectivity index (χ3v) is 2.59. The van der Waals surface area contributed by atoms with Crippen LogP contribution in [-0.4, -0.2) is 5.88 Å². The molecule has 1 aromatic carbocycles. The van der Waals surface area contributed by atoms with Crippen molar-refractivity contribution in [2.24, 2.45) is 0 Å². The second-order valence-corrected chi connectivity index (χ2v) is 3.50. The number of rotatable bonds is 3. The van der Waals surface area contributed by atoms with Gasteiger partial charge in [0.05, 0.1) is 0 Å². The van der Waals surface area contributed by atoms with Crippen molar-refractivity contribution in [3.05, 3.63) is 41.5 Å². The van der Waals surface area contributed by atoms with Crippen LogP contribution in [0.5, 0.6) is 0 Å². The Labute approximate surface area is 91.8 Å². The van der Waals surface area contributed by atoms with Crippen LogP contribution in [0.1, 0.15) is 11.1 Å². The summed E-state index contributed by atoms with van der Waals surface area (Å²) in [6, 6.07) is 8.49. The summed E-state index contributed by atoms with van der Waals surface area (Å²) >= 11 is 7.88. The van der Waals surface area contributed by atoms with E-state index in [-0.39, 0.29) is 0 Å². The SMILES string of the molecule is ClC/C=C/c1ccc(CI)cc1. The molecule has 0 saturated carbocycles. The Morgan fingerprint density at radius 2 is 1.92 bits per heavy atom. The van der Waals surface area contributed by atoms with Crippen LogP contribution in [0.2, 0.25) is 0 Å². The highest BCUT2D eigenvalue weighted by Gasteiger charge is 1.88. The molecule has 0 aliphatic rings. The average molecular weight is 293 g/mol. The van der Waals surface area contributed by atoms with Gasteiger partial charge in [-0.05, 0) is 11.1 Å². The van der Waals surface area contributed by atoms with Gasteiger partial charge in [-0.1, -0.05) is 59.0 Å². The van der Waals surface area contributed by atoms with Crippen LogP contribution in [0.4, 0.5) is 0 Å². The fraction of sp³-hybridized carbons (Fsp3) is 0.200. The third-order valence-electron chi connectivity index (χ3n) is 1.53. The summed E-state index contributed by atoms with van der Waals surface area (Å²) in [6.07, 6.45) is 3.98. The van der Waals surface area contributed by atoms with E-state index in [1.165, 1.54) is 11.1 Å². The van der Waals surface area contributed by atoms with Gasteiger partial charge in [0.1, 0.15) is 0 Å². The highest BCUT2D eigenvalue weighted by atomic mass is 127. The number of alkyl halides is 2. The normalized spacial score (nSPS) is 10.8. The number of halogens is 2. The number of allylic oxidation sites excluding steroid dienone is 1. The third kappa shape index (κ3) is 3.15. The maximum absolute atomic E-state index is 5.52. The maximum atomic E-state index is 5.52. The van der Waals surface area contributed by atoms with Crippen LogP contribution < -0.4 is 0 Å². The molecule has 0 nitrogen and oxygen atoms in total. The summed E-state index contributed by atoms with van der Waals surface area (Å²) in [6.45, 7) is 0. The lowest BCUT2D eigenvalue weighted by atomic mass is 10.1. The minimum Gasteiger partial charge on any atom is -0.122 e. The van der Waals surface area contributed by atoms with Crippen molar-refractivity contribution in [1.29, 1.82) is 0 Å². The Kier molecular flexibility index (Phi) is 4.69. The molecule has 0 spiro atoms. The predicted molar refractivity (Wildman–Crippen MR) is 63.9 cm³/mol. The van der Waals surface area contributed by atoms with Crippen molar-refractivity contribution in [1.82, 2.24) is 0 Å². The van der Waals surface area contributed by atoms with Crippen molar-refractivity contribution >= 4 is 40.3 Å². The molecule has 0 atom stereocenters. The second-order valence-electron chi connectivity index (χ2n) is 2.43. The molecule has 0 radical (unpaired) electrons. The van der Waals surface area contributed by atoms with Gasteiger partial charge in [0.15, 0.2) is 0 Å². The van der Waals surface area contributed by atoms with Gasteiger partial charge >= 0.3 is 0 Å². The van der Waals surface area contributed by atoms with Gasteiger partial charge in [0.2, 0.25) is 0 Å². The lowest BCUT2D eigenvalue weighted by molar-refractivity contribution is 1.45. The highest BCUT2D eigenvalue weighted by Crippen LogP contribution is 2.09. The van der Waals surface area contributed by atoms with Crippen LogP contribution in [0, 0.1) is 0 Å². The first-order valence-corrected chi connectivity index (χ1v) is 5.80. The van der Waals surface area contributed by atoms with Gasteiger partial charge in [0.25, 0.3) is 0 Å². The largest absolute Gasteiger partial charge is 0.122 e. The standard InChI is InChI=1S/C10H10ClI/c11-7-1-2-9-3-5-10(8-12)6-4-9/h1-6H,7-8H2/b2-1+. The lowest BCUT2D eigenvalue weighted by Gasteiger charge is -1.95. The number of benzene rings is 1. The van der Waals surface area contributed by atoms with Gasteiger partial charge in [-0.2, -0.15) is 0 Å². The Morgan fingerprint density at radius 3 is 2.42 bits per heavy atom. The molecule has 0 bridgehead atoms. The van der Waals surface area contributed by atoms with E-state index in [4.69, 9.17) is 11.6 Å². The smallest absolute Gasteiger partial charge is 0.0407 e. The summed E-state index contributed by atoms with van der Waals surface area (Å²) in [5, 5.41) is 0. The van der Waals surface area contributed by atoms with Crippen LogP contribution in [0.3, 0.4) is 0 Å². The van der Waals surface area contributed by atoms with Gasteiger partial charge in [-0.25, -0.2) is 0 Å². The Balaban J connectivity index is 2.71. The summed E-state index contributed by atoms with van der Waals surface area (Å²) in [4.78, 5) is 0. The average Bonchev–Trinajstić information content (AvgIpc) is 2.15. The number of hydrogen-bond donors (Lipinski definition) is 0. The molecule has 64 valence electrons. The summed E-state index contributed by atoms with van der Waals surface area (Å²) in [5.74, 6) is 0.577. The molecule has 1 aromatic rings. The molecule has 0 amide bonds. The van der Waals surface area contributed by atoms with Gasteiger partial charge in [-0.15, -0.1) is 11.6 Å². The van der Waals surface area contributed by atoms with E-state index in [1.54, 1.807) is 0 Å². The molecule has 0 heterocycles. The quantitative estimate of drug-likeness (QED) is 0.586. The van der Waals surface area contributed by atoms with Crippen molar-refractivity contribution in [3.8, 4) is 0 Å². The fourth-order valence-electron chi connectivity index (χ4n) is 0.898. The Bertz CT molecular complexity index is 251. The molecule has 0 aliphatic carbocycles. The van der Waals surface area contributed by atoms with Crippen LogP contribution in [-0.2, 0) is 4.43 Å². The van der Waals surface area contributed by atoms with Gasteiger partial charge in [0, 0.05) is 10.3 Å². The topological polar surface area (TPSA) is 0 Å². The molecule has 0 saturated heterocycles. The van der Waals surface area contributed by atoms with E-state index < -0.39 is 0 Å². The second kappa shape index (κ2) is 5.60. The fourth-order valence-corrected chi connectivity index (χ4v) is 1.50. The van der Waals surface area contributed by atoms with Crippen molar-refractivity contribution in [2.45, 2.75) is 4.43 Å². The molecule has 0 fully saturated rings. The summed E-state index contributed by atoms with van der Waals surface area (Å²) < 4.78 is 1.07. The zero-order chi connectivity index (χ0) is 8.81. The van der Waals surface area contributed by atoms with Crippen LogP contribution in [0.15, 0.2) is 30.3 Å². The molecular weight excluding hydrogens is 282 g/mol. The van der Waals surface area contributed by atoms with Gasteiger partial charge in [-0.3, -0.25) is 0 Å². The monoisotopic (exact) mass is 292 g/mol. The van der Waals surface area contributed by atoms with Crippen molar-refractivity contribution in [2.75, 3.05) is 5.88 Å². The van der Waals surface area contributed by atoms with E-state index in [9.17, 15) is 0 Å². The first-order valence-electron chi connectivity index (χ1n) is 3.74. The minimum atomic E-state index is 0.577. The molecule has 1 rings (SSSR count). The molecule has 2 heteroatoms. The van der Waals surface area contributed by atoms with Crippen LogP contribution >= 0.6 is 34.2 Å². The molecule has 0 aromatic heterocycles. The van der Waals surface area contributed by atoms with E-state index in [0.717, 1.165) is 4.43 Å². The molecular formula is C10H10ClI. The molecule has 0 unspecified atom stereocenters. The lowest BCUT2D eigenvalue weighted by Crippen LogP contribution is -1.77. The number of hydrogen-bond acceptors (Lipinski definition) is 0.